The van der Waals surface area contributed by atoms with E-state index >= 15 is 0 Å². The van der Waals surface area contributed by atoms with Gasteiger partial charge in [0.1, 0.15) is 0 Å². The Morgan fingerprint density at radius 2 is 2.14 bits per heavy atom. The summed E-state index contributed by atoms with van der Waals surface area (Å²) in [5.74, 6) is 0.0206. The molecular weight excluding hydrogens is 264 g/mol. The second-order valence-electron chi connectivity index (χ2n) is 6.47. The maximum absolute atomic E-state index is 12.1. The molecule has 1 aliphatic carbocycles. The number of fused-ring (bicyclic) bond motifs is 1. The van der Waals surface area contributed by atoms with E-state index in [-0.39, 0.29) is 23.4 Å². The minimum Gasteiger partial charge on any atom is -0.383 e. The van der Waals surface area contributed by atoms with Crippen molar-refractivity contribution in [2.24, 2.45) is 5.41 Å². The van der Waals surface area contributed by atoms with E-state index in [0.717, 1.165) is 6.42 Å². The maximum atomic E-state index is 12.1. The van der Waals surface area contributed by atoms with Crippen LogP contribution in [0.5, 0.6) is 0 Å². The van der Waals surface area contributed by atoms with Crippen LogP contribution < -0.4 is 10.6 Å². The smallest absolute Gasteiger partial charge is 0.236 e. The summed E-state index contributed by atoms with van der Waals surface area (Å²) in [4.78, 5) is 12.1. The number of hydrogen-bond donors (Lipinski definition) is 2. The lowest BCUT2D eigenvalue weighted by Gasteiger charge is -2.31. The number of methoxy groups -OCH3 is 1. The van der Waals surface area contributed by atoms with Gasteiger partial charge < -0.3 is 10.1 Å². The maximum Gasteiger partial charge on any atom is 0.236 e. The fraction of sp³-hybridized carbons (Fsp3) is 0.588. The van der Waals surface area contributed by atoms with Crippen molar-refractivity contribution in [2.45, 2.75) is 39.3 Å². The van der Waals surface area contributed by atoms with Crippen LogP contribution in [0.25, 0.3) is 0 Å². The zero-order chi connectivity index (χ0) is 15.5. The molecule has 0 saturated heterocycles. The molecule has 0 fully saturated rings. The zero-order valence-electron chi connectivity index (χ0n) is 13.4. The van der Waals surface area contributed by atoms with Crippen molar-refractivity contribution in [3.05, 3.63) is 35.4 Å². The van der Waals surface area contributed by atoms with Gasteiger partial charge in [0, 0.05) is 19.7 Å². The minimum atomic E-state index is -0.225. The summed E-state index contributed by atoms with van der Waals surface area (Å²) < 4.78 is 4.95. The van der Waals surface area contributed by atoms with Crippen LogP contribution in [0.4, 0.5) is 0 Å². The molecule has 0 spiro atoms. The molecule has 1 aliphatic rings. The second-order valence-corrected chi connectivity index (χ2v) is 6.47. The average molecular weight is 290 g/mol. The number of carbonyl (C=O) groups excluding carboxylic acids is 1. The molecule has 4 nitrogen and oxygen atoms in total. The van der Waals surface area contributed by atoms with Crippen molar-refractivity contribution in [1.82, 2.24) is 10.6 Å². The highest BCUT2D eigenvalue weighted by Gasteiger charge is 2.39. The third-order valence-electron chi connectivity index (χ3n) is 4.21. The van der Waals surface area contributed by atoms with Crippen molar-refractivity contribution < 1.29 is 9.53 Å². The van der Waals surface area contributed by atoms with E-state index in [1.807, 2.05) is 6.92 Å². The van der Waals surface area contributed by atoms with Crippen molar-refractivity contribution in [1.29, 1.82) is 0 Å². The van der Waals surface area contributed by atoms with Gasteiger partial charge in [0.15, 0.2) is 0 Å². The Morgan fingerprint density at radius 1 is 1.43 bits per heavy atom. The SMILES string of the molecule is COCCNC(=O)C(C)NC1c2ccccc2CC1(C)C. The van der Waals surface area contributed by atoms with Crippen LogP contribution >= 0.6 is 0 Å². The lowest BCUT2D eigenvalue weighted by atomic mass is 9.85. The number of carbonyl (C=O) groups is 1. The predicted octanol–water partition coefficient (Wildman–Crippen LogP) is 2.05. The lowest BCUT2D eigenvalue weighted by molar-refractivity contribution is -0.123. The Balaban J connectivity index is 2.02. The normalized spacial score (nSPS) is 20.9. The van der Waals surface area contributed by atoms with Gasteiger partial charge in [0.2, 0.25) is 5.91 Å². The van der Waals surface area contributed by atoms with Gasteiger partial charge in [-0.2, -0.15) is 0 Å². The molecule has 2 atom stereocenters. The molecule has 2 N–H and O–H groups in total. The molecule has 4 heteroatoms. The fourth-order valence-electron chi connectivity index (χ4n) is 3.06. The summed E-state index contributed by atoms with van der Waals surface area (Å²) in [7, 11) is 1.63. The molecular formula is C17H26N2O2. The summed E-state index contributed by atoms with van der Waals surface area (Å²) in [6.45, 7) is 7.50. The molecule has 0 radical (unpaired) electrons. The highest BCUT2D eigenvalue weighted by Crippen LogP contribution is 2.45. The monoisotopic (exact) mass is 290 g/mol. The molecule has 0 bridgehead atoms. The van der Waals surface area contributed by atoms with E-state index in [9.17, 15) is 4.79 Å². The van der Waals surface area contributed by atoms with Gasteiger partial charge in [-0.3, -0.25) is 10.1 Å². The Morgan fingerprint density at radius 3 is 2.86 bits per heavy atom. The first-order valence-corrected chi connectivity index (χ1v) is 7.56. The van der Waals surface area contributed by atoms with Gasteiger partial charge in [-0.15, -0.1) is 0 Å². The summed E-state index contributed by atoms with van der Waals surface area (Å²) in [5, 5.41) is 6.38. The van der Waals surface area contributed by atoms with Gasteiger partial charge in [-0.1, -0.05) is 38.1 Å². The van der Waals surface area contributed by atoms with E-state index in [1.54, 1.807) is 7.11 Å². The van der Waals surface area contributed by atoms with Gasteiger partial charge in [0.05, 0.1) is 12.6 Å². The van der Waals surface area contributed by atoms with Crippen molar-refractivity contribution in [3.63, 3.8) is 0 Å². The first-order valence-electron chi connectivity index (χ1n) is 7.56. The van der Waals surface area contributed by atoms with Gasteiger partial charge in [0.25, 0.3) is 0 Å². The molecule has 0 heterocycles. The Bertz CT molecular complexity index is 499. The molecule has 2 rings (SSSR count). The van der Waals surface area contributed by atoms with Crippen LogP contribution in [0.15, 0.2) is 24.3 Å². The summed E-state index contributed by atoms with van der Waals surface area (Å²) in [6.07, 6.45) is 1.04. The number of benzene rings is 1. The summed E-state index contributed by atoms with van der Waals surface area (Å²) in [5.41, 5.74) is 2.82. The minimum absolute atomic E-state index is 0.0206. The van der Waals surface area contributed by atoms with Gasteiger partial charge in [-0.05, 0) is 29.9 Å². The van der Waals surface area contributed by atoms with Gasteiger partial charge in [-0.25, -0.2) is 0 Å². The predicted molar refractivity (Wildman–Crippen MR) is 84.2 cm³/mol. The van der Waals surface area contributed by atoms with Gasteiger partial charge >= 0.3 is 0 Å². The van der Waals surface area contributed by atoms with E-state index in [1.165, 1.54) is 11.1 Å². The van der Waals surface area contributed by atoms with Crippen LogP contribution in [-0.2, 0) is 16.0 Å². The molecule has 0 aliphatic heterocycles. The Labute approximate surface area is 127 Å². The van der Waals surface area contributed by atoms with Crippen LogP contribution in [0.3, 0.4) is 0 Å². The molecule has 0 saturated carbocycles. The van der Waals surface area contributed by atoms with Crippen molar-refractivity contribution in [3.8, 4) is 0 Å². The van der Waals surface area contributed by atoms with Crippen LogP contribution in [0.2, 0.25) is 0 Å². The van der Waals surface area contributed by atoms with Crippen molar-refractivity contribution >= 4 is 5.91 Å². The average Bonchev–Trinajstić information content (AvgIpc) is 2.69. The zero-order valence-corrected chi connectivity index (χ0v) is 13.4. The summed E-state index contributed by atoms with van der Waals surface area (Å²) >= 11 is 0. The highest BCUT2D eigenvalue weighted by molar-refractivity contribution is 5.81. The fourth-order valence-corrected chi connectivity index (χ4v) is 3.06. The quantitative estimate of drug-likeness (QED) is 0.788. The summed E-state index contributed by atoms with van der Waals surface area (Å²) in [6, 6.07) is 8.48. The van der Waals surface area contributed by atoms with E-state index in [2.05, 4.69) is 48.7 Å². The molecule has 1 aromatic carbocycles. The van der Waals surface area contributed by atoms with Crippen LogP contribution in [0.1, 0.15) is 37.9 Å². The molecule has 21 heavy (non-hydrogen) atoms. The number of amides is 1. The molecule has 0 aromatic heterocycles. The van der Waals surface area contributed by atoms with Crippen LogP contribution in [-0.4, -0.2) is 32.2 Å². The molecule has 1 amide bonds. The third kappa shape index (κ3) is 3.63. The van der Waals surface area contributed by atoms with Crippen molar-refractivity contribution in [2.75, 3.05) is 20.3 Å². The number of nitrogens with one attached hydrogen (secondary N) is 2. The third-order valence-corrected chi connectivity index (χ3v) is 4.21. The largest absolute Gasteiger partial charge is 0.383 e. The Kier molecular flexibility index (Phi) is 5.01. The van der Waals surface area contributed by atoms with E-state index in [0.29, 0.717) is 13.2 Å². The first-order chi connectivity index (χ1) is 9.95. The molecule has 116 valence electrons. The van der Waals surface area contributed by atoms with Crippen LogP contribution in [0, 0.1) is 5.41 Å². The lowest BCUT2D eigenvalue weighted by Crippen LogP contribution is -2.46. The topological polar surface area (TPSA) is 50.4 Å². The second kappa shape index (κ2) is 6.58. The Hall–Kier alpha value is -1.39. The first kappa shape index (κ1) is 16.0. The highest BCUT2D eigenvalue weighted by atomic mass is 16.5. The van der Waals surface area contributed by atoms with E-state index < -0.39 is 0 Å². The number of rotatable bonds is 6. The number of ether oxygens (including phenoxy) is 1. The number of hydrogen-bond acceptors (Lipinski definition) is 3. The molecule has 1 aromatic rings. The molecule has 2 unspecified atom stereocenters. The van der Waals surface area contributed by atoms with E-state index in [4.69, 9.17) is 4.74 Å². The standard InChI is InChI=1S/C17H26N2O2/c1-12(16(20)18-9-10-21-4)19-15-14-8-6-5-7-13(14)11-17(15,2)3/h5-8,12,15,19H,9-11H2,1-4H3,(H,18,20).